The summed E-state index contributed by atoms with van der Waals surface area (Å²) in [5, 5.41) is 2.84. The minimum absolute atomic E-state index is 0.268. The number of carbonyl (C=O) groups is 1. The van der Waals surface area contributed by atoms with E-state index in [4.69, 9.17) is 14.2 Å². The number of hydrogen-bond acceptors (Lipinski definition) is 4. The van der Waals surface area contributed by atoms with Crippen molar-refractivity contribution >= 4 is 11.6 Å². The van der Waals surface area contributed by atoms with Crippen LogP contribution in [-0.4, -0.2) is 20.1 Å². The maximum Gasteiger partial charge on any atom is 0.255 e. The predicted octanol–water partition coefficient (Wildman–Crippen LogP) is 4.75. The largest absolute Gasteiger partial charge is 0.497 e. The second-order valence-electron chi connectivity index (χ2n) is 5.46. The van der Waals surface area contributed by atoms with E-state index in [1.807, 2.05) is 30.3 Å². The van der Waals surface area contributed by atoms with Gasteiger partial charge in [-0.3, -0.25) is 4.79 Å². The summed E-state index contributed by atoms with van der Waals surface area (Å²) in [5.41, 5.74) is 1.01. The van der Waals surface area contributed by atoms with E-state index in [1.165, 1.54) is 0 Å². The fourth-order valence-electron chi connectivity index (χ4n) is 2.43. The summed E-state index contributed by atoms with van der Waals surface area (Å²) in [7, 11) is 3.11. The van der Waals surface area contributed by atoms with Crippen LogP contribution < -0.4 is 19.5 Å². The highest BCUT2D eigenvalue weighted by Crippen LogP contribution is 2.29. The van der Waals surface area contributed by atoms with Gasteiger partial charge in [-0.2, -0.15) is 0 Å². The Kier molecular flexibility index (Phi) is 5.39. The molecule has 3 aromatic rings. The number of benzene rings is 3. The average molecular weight is 349 g/mol. The zero-order valence-electron chi connectivity index (χ0n) is 14.6. The van der Waals surface area contributed by atoms with Gasteiger partial charge in [0.1, 0.15) is 23.0 Å². The van der Waals surface area contributed by atoms with E-state index < -0.39 is 0 Å². The number of anilines is 1. The molecule has 0 aliphatic heterocycles. The lowest BCUT2D eigenvalue weighted by molar-refractivity contribution is 0.102. The third-order valence-electron chi connectivity index (χ3n) is 3.73. The molecule has 5 heteroatoms. The molecule has 1 N–H and O–H groups in total. The summed E-state index contributed by atoms with van der Waals surface area (Å²) in [5.74, 6) is 2.20. The normalized spacial score (nSPS) is 10.1. The smallest absolute Gasteiger partial charge is 0.255 e. The molecule has 0 unspecified atom stereocenters. The van der Waals surface area contributed by atoms with E-state index in [0.717, 1.165) is 0 Å². The summed E-state index contributed by atoms with van der Waals surface area (Å²) >= 11 is 0. The van der Waals surface area contributed by atoms with E-state index in [-0.39, 0.29) is 5.91 Å². The molecule has 0 aliphatic rings. The van der Waals surface area contributed by atoms with Crippen LogP contribution in [0.3, 0.4) is 0 Å². The fourth-order valence-corrected chi connectivity index (χ4v) is 2.43. The first-order valence-electron chi connectivity index (χ1n) is 8.06. The molecule has 0 fully saturated rings. The monoisotopic (exact) mass is 349 g/mol. The second-order valence-corrected chi connectivity index (χ2v) is 5.46. The van der Waals surface area contributed by atoms with Crippen LogP contribution in [0.1, 0.15) is 10.4 Å². The van der Waals surface area contributed by atoms with Gasteiger partial charge in [0.2, 0.25) is 0 Å². The number of carbonyl (C=O) groups excluding carboxylic acids is 1. The van der Waals surface area contributed by atoms with Gasteiger partial charge in [0.15, 0.2) is 0 Å². The highest BCUT2D eigenvalue weighted by Gasteiger charge is 2.12. The van der Waals surface area contributed by atoms with E-state index in [0.29, 0.717) is 34.2 Å². The number of rotatable bonds is 6. The zero-order chi connectivity index (χ0) is 18.4. The van der Waals surface area contributed by atoms with Gasteiger partial charge in [0.25, 0.3) is 5.91 Å². The van der Waals surface area contributed by atoms with E-state index >= 15 is 0 Å². The van der Waals surface area contributed by atoms with Crippen molar-refractivity contribution in [2.45, 2.75) is 0 Å². The Bertz CT molecular complexity index is 894. The number of methoxy groups -OCH3 is 2. The first-order valence-corrected chi connectivity index (χ1v) is 8.06. The second kappa shape index (κ2) is 8.07. The van der Waals surface area contributed by atoms with Gasteiger partial charge in [-0.1, -0.05) is 24.3 Å². The summed E-state index contributed by atoms with van der Waals surface area (Å²) in [6.07, 6.45) is 0. The molecule has 0 bridgehead atoms. The zero-order valence-corrected chi connectivity index (χ0v) is 14.6. The molecule has 0 aliphatic carbocycles. The number of ether oxygens (including phenoxy) is 3. The number of para-hydroxylation sites is 1. The van der Waals surface area contributed by atoms with Crippen LogP contribution in [0.2, 0.25) is 0 Å². The van der Waals surface area contributed by atoms with Crippen LogP contribution in [0.25, 0.3) is 0 Å². The van der Waals surface area contributed by atoms with Crippen LogP contribution in [-0.2, 0) is 0 Å². The van der Waals surface area contributed by atoms with Crippen molar-refractivity contribution in [3.63, 3.8) is 0 Å². The maximum absolute atomic E-state index is 12.6. The molecule has 3 rings (SSSR count). The van der Waals surface area contributed by atoms with Crippen LogP contribution >= 0.6 is 0 Å². The summed E-state index contributed by atoms with van der Waals surface area (Å²) < 4.78 is 16.3. The van der Waals surface area contributed by atoms with Crippen molar-refractivity contribution in [2.75, 3.05) is 19.5 Å². The van der Waals surface area contributed by atoms with Crippen molar-refractivity contribution in [2.24, 2.45) is 0 Å². The molecule has 26 heavy (non-hydrogen) atoms. The van der Waals surface area contributed by atoms with Crippen LogP contribution in [0, 0.1) is 0 Å². The Morgan fingerprint density at radius 2 is 1.54 bits per heavy atom. The first kappa shape index (κ1) is 17.4. The van der Waals surface area contributed by atoms with Gasteiger partial charge in [-0.15, -0.1) is 0 Å². The topological polar surface area (TPSA) is 56.8 Å². The summed E-state index contributed by atoms with van der Waals surface area (Å²) in [6.45, 7) is 0. The molecule has 0 atom stereocenters. The van der Waals surface area contributed by atoms with Crippen molar-refractivity contribution in [3.05, 3.63) is 78.4 Å². The molecule has 3 aromatic carbocycles. The lowest BCUT2D eigenvalue weighted by Gasteiger charge is -2.12. The molecule has 0 radical (unpaired) electrons. The average Bonchev–Trinajstić information content (AvgIpc) is 2.69. The van der Waals surface area contributed by atoms with E-state index in [1.54, 1.807) is 56.7 Å². The third kappa shape index (κ3) is 4.13. The summed E-state index contributed by atoms with van der Waals surface area (Å²) in [4.78, 5) is 12.6. The van der Waals surface area contributed by atoms with Crippen molar-refractivity contribution in [1.29, 1.82) is 0 Å². The van der Waals surface area contributed by atoms with Crippen LogP contribution in [0.4, 0.5) is 5.69 Å². The third-order valence-corrected chi connectivity index (χ3v) is 3.73. The Hall–Kier alpha value is -3.47. The van der Waals surface area contributed by atoms with Gasteiger partial charge < -0.3 is 19.5 Å². The molecular weight excluding hydrogens is 330 g/mol. The van der Waals surface area contributed by atoms with E-state index in [2.05, 4.69) is 5.32 Å². The Morgan fingerprint density at radius 3 is 2.27 bits per heavy atom. The van der Waals surface area contributed by atoms with Gasteiger partial charge in [-0.05, 0) is 42.5 Å². The molecule has 0 spiro atoms. The van der Waals surface area contributed by atoms with Crippen molar-refractivity contribution < 1.29 is 19.0 Å². The van der Waals surface area contributed by atoms with Crippen LogP contribution in [0.5, 0.6) is 23.0 Å². The molecule has 0 saturated carbocycles. The Balaban J connectivity index is 1.79. The van der Waals surface area contributed by atoms with Gasteiger partial charge in [0, 0.05) is 11.6 Å². The predicted molar refractivity (Wildman–Crippen MR) is 100 cm³/mol. The quantitative estimate of drug-likeness (QED) is 0.698. The molecular formula is C21H19NO4. The molecule has 5 nitrogen and oxygen atoms in total. The molecule has 1 amide bonds. The van der Waals surface area contributed by atoms with Crippen molar-refractivity contribution in [1.82, 2.24) is 0 Å². The minimum atomic E-state index is -0.268. The molecule has 0 heterocycles. The SMILES string of the molecule is COc1ccc(OC)c(NC(=O)c2cccc(Oc3ccccc3)c2)c1. The number of hydrogen-bond donors (Lipinski definition) is 1. The molecule has 132 valence electrons. The van der Waals surface area contributed by atoms with Gasteiger partial charge >= 0.3 is 0 Å². The van der Waals surface area contributed by atoms with Crippen molar-refractivity contribution in [3.8, 4) is 23.0 Å². The van der Waals surface area contributed by atoms with Gasteiger partial charge in [0.05, 0.1) is 19.9 Å². The minimum Gasteiger partial charge on any atom is -0.497 e. The Morgan fingerprint density at radius 1 is 0.769 bits per heavy atom. The fraction of sp³-hybridized carbons (Fsp3) is 0.0952. The molecule has 0 saturated heterocycles. The lowest BCUT2D eigenvalue weighted by Crippen LogP contribution is -2.12. The highest BCUT2D eigenvalue weighted by molar-refractivity contribution is 6.05. The first-order chi connectivity index (χ1) is 12.7. The Labute approximate surface area is 152 Å². The van der Waals surface area contributed by atoms with Crippen LogP contribution in [0.15, 0.2) is 72.8 Å². The van der Waals surface area contributed by atoms with E-state index in [9.17, 15) is 4.79 Å². The maximum atomic E-state index is 12.6. The van der Waals surface area contributed by atoms with Gasteiger partial charge in [-0.25, -0.2) is 0 Å². The highest BCUT2D eigenvalue weighted by atomic mass is 16.5. The summed E-state index contributed by atoms with van der Waals surface area (Å²) in [6, 6.07) is 21.6. The lowest BCUT2D eigenvalue weighted by atomic mass is 10.2. The molecule has 0 aromatic heterocycles. The standard InChI is InChI=1S/C21H19NO4/c1-24-17-11-12-20(25-2)19(14-17)22-21(23)15-7-6-10-18(13-15)26-16-8-4-3-5-9-16/h3-14H,1-2H3,(H,22,23). The number of nitrogens with one attached hydrogen (secondary N) is 1. The number of amides is 1.